The van der Waals surface area contributed by atoms with E-state index in [1.54, 1.807) is 0 Å². The second-order valence-corrected chi connectivity index (χ2v) is 1.41. The van der Waals surface area contributed by atoms with Crippen LogP contribution in [0.2, 0.25) is 0 Å². The van der Waals surface area contributed by atoms with Gasteiger partial charge in [-0.2, -0.15) is 0 Å². The van der Waals surface area contributed by atoms with Crippen LogP contribution in [0, 0.1) is 0 Å². The van der Waals surface area contributed by atoms with Crippen molar-refractivity contribution >= 4 is 5.97 Å². The van der Waals surface area contributed by atoms with Gasteiger partial charge in [0, 0.05) is 12.4 Å². The lowest BCUT2D eigenvalue weighted by Crippen LogP contribution is -2.28. The predicted molar refractivity (Wildman–Crippen MR) is 22.7 cm³/mol. The Balaban J connectivity index is 3.24. The summed E-state index contributed by atoms with van der Waals surface area (Å²) in [6, 6.07) is 0. The lowest BCUT2D eigenvalue weighted by Gasteiger charge is -2.05. The van der Waals surface area contributed by atoms with E-state index in [4.69, 9.17) is 10.2 Å². The Labute approximate surface area is 46.4 Å². The molecule has 0 amide bonds. The zero-order valence-corrected chi connectivity index (χ0v) is 4.20. The van der Waals surface area contributed by atoms with Crippen molar-refractivity contribution in [2.75, 3.05) is 6.61 Å². The number of hydrogen-bond donors (Lipinski definition) is 2. The van der Waals surface area contributed by atoms with Gasteiger partial charge >= 0.3 is 0 Å². The highest BCUT2D eigenvalue weighted by atomic mass is 16.4. The lowest BCUT2D eigenvalue weighted by atomic mass is 10.3. The van der Waals surface area contributed by atoms with Crippen molar-refractivity contribution in [2.24, 2.45) is 0 Å². The van der Waals surface area contributed by atoms with E-state index in [0.29, 0.717) is 0 Å². The topological polar surface area (TPSA) is 80.6 Å². The molecule has 0 radical (unpaired) electrons. The van der Waals surface area contributed by atoms with Crippen LogP contribution in [0.5, 0.6) is 0 Å². The van der Waals surface area contributed by atoms with Gasteiger partial charge in [0.05, 0.1) is 12.7 Å². The highest BCUT2D eigenvalue weighted by molar-refractivity contribution is 5.64. The number of carboxylic acids is 1. The molecule has 4 nitrogen and oxygen atoms in total. The minimum absolute atomic E-state index is 0.503. The molecule has 0 fully saturated rings. The first-order valence-corrected chi connectivity index (χ1v) is 2.15. The van der Waals surface area contributed by atoms with E-state index < -0.39 is 25.1 Å². The lowest BCUT2D eigenvalue weighted by molar-refractivity contribution is -0.307. The molecule has 0 rings (SSSR count). The second kappa shape index (κ2) is 3.40. The van der Waals surface area contributed by atoms with Crippen LogP contribution in [0.4, 0.5) is 0 Å². The van der Waals surface area contributed by atoms with Crippen LogP contribution in [0.15, 0.2) is 0 Å². The Bertz CT molecular complexity index is 80.1. The second-order valence-electron chi connectivity index (χ2n) is 1.41. The average molecular weight is 119 g/mol. The van der Waals surface area contributed by atoms with E-state index in [1.165, 1.54) is 0 Å². The van der Waals surface area contributed by atoms with Crippen molar-refractivity contribution in [1.29, 1.82) is 0 Å². The fraction of sp³-hybridized carbons (Fsp3) is 0.750. The number of rotatable bonds is 3. The molecule has 2 N–H and O–H groups in total. The van der Waals surface area contributed by atoms with Crippen molar-refractivity contribution in [1.82, 2.24) is 0 Å². The van der Waals surface area contributed by atoms with E-state index in [9.17, 15) is 9.90 Å². The Morgan fingerprint density at radius 3 is 2.38 bits per heavy atom. The zero-order chi connectivity index (χ0) is 6.57. The molecule has 1 atom stereocenters. The number of carboxylic acid groups (broad SMARTS) is 1. The minimum Gasteiger partial charge on any atom is -0.550 e. The molecule has 48 valence electrons. The molecule has 0 bridgehead atoms. The fourth-order valence-corrected chi connectivity index (χ4v) is 0.257. The van der Waals surface area contributed by atoms with Gasteiger partial charge in [-0.1, -0.05) is 0 Å². The molecule has 0 aromatic rings. The summed E-state index contributed by atoms with van der Waals surface area (Å²) in [5, 5.41) is 26.0. The molecule has 0 aliphatic rings. The number of aliphatic hydroxyl groups excluding tert-OH is 2. The molecule has 0 saturated carbocycles. The van der Waals surface area contributed by atoms with Crippen LogP contribution in [-0.4, -0.2) is 28.9 Å². The summed E-state index contributed by atoms with van der Waals surface area (Å²) < 4.78 is 0. The quantitative estimate of drug-likeness (QED) is 0.429. The summed E-state index contributed by atoms with van der Waals surface area (Å²) in [6.07, 6.45) is -1.68. The summed E-state index contributed by atoms with van der Waals surface area (Å²) >= 11 is 0. The number of hydrogen-bond acceptors (Lipinski definition) is 4. The van der Waals surface area contributed by atoms with Crippen LogP contribution in [-0.2, 0) is 4.79 Å². The van der Waals surface area contributed by atoms with Gasteiger partial charge in [-0.25, -0.2) is 0 Å². The van der Waals surface area contributed by atoms with Gasteiger partial charge in [0.1, 0.15) is 0 Å². The molecule has 0 aromatic carbocycles. The minimum atomic E-state index is -1.36. The zero-order valence-electron chi connectivity index (χ0n) is 4.20. The molecule has 0 aromatic heterocycles. The highest BCUT2D eigenvalue weighted by Gasteiger charge is 1.99. The van der Waals surface area contributed by atoms with Gasteiger partial charge < -0.3 is 20.1 Å². The van der Waals surface area contributed by atoms with E-state index >= 15 is 0 Å². The molecular weight excluding hydrogens is 112 g/mol. The van der Waals surface area contributed by atoms with Crippen molar-refractivity contribution in [3.63, 3.8) is 0 Å². The van der Waals surface area contributed by atoms with Gasteiger partial charge in [-0.3, -0.25) is 0 Å². The first-order chi connectivity index (χ1) is 3.66. The standard InChI is InChI=1S/C4H8O4/c5-2-3(6)1-4(7)8/h3,5-6H,1-2H2,(H,7,8)/p-1/t3-/m0/s1. The summed E-state index contributed by atoms with van der Waals surface area (Å²) in [5.74, 6) is -1.36. The number of carbonyl (C=O) groups excluding carboxylic acids is 1. The molecule has 0 aliphatic heterocycles. The van der Waals surface area contributed by atoms with Gasteiger partial charge in [0.15, 0.2) is 0 Å². The van der Waals surface area contributed by atoms with Crippen LogP contribution < -0.4 is 5.11 Å². The number of aliphatic carboxylic acids is 1. The van der Waals surface area contributed by atoms with Crippen LogP contribution in [0.3, 0.4) is 0 Å². The third kappa shape index (κ3) is 3.58. The van der Waals surface area contributed by atoms with Gasteiger partial charge in [0.25, 0.3) is 0 Å². The normalized spacial score (nSPS) is 13.2. The fourth-order valence-electron chi connectivity index (χ4n) is 0.257. The molecule has 0 heterocycles. The monoisotopic (exact) mass is 119 g/mol. The maximum Gasteiger partial charge on any atom is 0.0822 e. The van der Waals surface area contributed by atoms with E-state index in [0.717, 1.165) is 0 Å². The Morgan fingerprint density at radius 2 is 2.25 bits per heavy atom. The SMILES string of the molecule is O=C([O-])C[C@H](O)CO. The average Bonchev–Trinajstić information content (AvgIpc) is 1.65. The molecule has 0 spiro atoms. The summed E-state index contributed by atoms with van der Waals surface area (Å²) in [7, 11) is 0. The Kier molecular flexibility index (Phi) is 3.14. The summed E-state index contributed by atoms with van der Waals surface area (Å²) in [4.78, 5) is 9.59. The molecular formula is C4H7O4-. The Hall–Kier alpha value is -0.610. The molecule has 0 saturated heterocycles. The summed E-state index contributed by atoms with van der Waals surface area (Å²) in [6.45, 7) is -0.534. The van der Waals surface area contributed by atoms with Crippen molar-refractivity contribution in [3.05, 3.63) is 0 Å². The number of carbonyl (C=O) groups is 1. The van der Waals surface area contributed by atoms with Gasteiger partial charge in [0.2, 0.25) is 0 Å². The van der Waals surface area contributed by atoms with Crippen LogP contribution >= 0.6 is 0 Å². The molecule has 0 aliphatic carbocycles. The van der Waals surface area contributed by atoms with Crippen molar-refractivity contribution in [3.8, 4) is 0 Å². The maximum atomic E-state index is 9.59. The first-order valence-electron chi connectivity index (χ1n) is 2.15. The largest absolute Gasteiger partial charge is 0.550 e. The third-order valence-corrected chi connectivity index (χ3v) is 0.613. The smallest absolute Gasteiger partial charge is 0.0822 e. The van der Waals surface area contributed by atoms with E-state index in [1.807, 2.05) is 0 Å². The summed E-state index contributed by atoms with van der Waals surface area (Å²) in [5.41, 5.74) is 0. The maximum absolute atomic E-state index is 9.59. The van der Waals surface area contributed by atoms with Gasteiger partial charge in [-0.15, -0.1) is 0 Å². The van der Waals surface area contributed by atoms with Crippen LogP contribution in [0.1, 0.15) is 6.42 Å². The Morgan fingerprint density at radius 1 is 1.75 bits per heavy atom. The number of aliphatic hydroxyl groups is 2. The van der Waals surface area contributed by atoms with Crippen LogP contribution in [0.25, 0.3) is 0 Å². The van der Waals surface area contributed by atoms with E-state index in [-0.39, 0.29) is 0 Å². The molecule has 4 heteroatoms. The first kappa shape index (κ1) is 7.39. The predicted octanol–water partition coefficient (Wildman–Crippen LogP) is -2.52. The third-order valence-electron chi connectivity index (χ3n) is 0.613. The van der Waals surface area contributed by atoms with Crippen molar-refractivity contribution in [2.45, 2.75) is 12.5 Å². The van der Waals surface area contributed by atoms with E-state index in [2.05, 4.69) is 0 Å². The van der Waals surface area contributed by atoms with Crippen molar-refractivity contribution < 1.29 is 20.1 Å². The van der Waals surface area contributed by atoms with Gasteiger partial charge in [-0.05, 0) is 0 Å². The highest BCUT2D eigenvalue weighted by Crippen LogP contribution is 1.85. The molecule has 8 heavy (non-hydrogen) atoms. The molecule has 0 unspecified atom stereocenters.